The summed E-state index contributed by atoms with van der Waals surface area (Å²) in [6, 6.07) is 6.78. The molecule has 0 aliphatic carbocycles. The lowest BCUT2D eigenvalue weighted by Gasteiger charge is -2.27. The summed E-state index contributed by atoms with van der Waals surface area (Å²) in [6.07, 6.45) is 0.911. The van der Waals surface area contributed by atoms with Crippen molar-refractivity contribution in [3.05, 3.63) is 34.9 Å². The average Bonchev–Trinajstić information content (AvgIpc) is 2.54. The normalized spacial score (nSPS) is 17.7. The first kappa shape index (κ1) is 17.3. The summed E-state index contributed by atoms with van der Waals surface area (Å²) in [4.78, 5) is 37.2. The van der Waals surface area contributed by atoms with Gasteiger partial charge in [0.05, 0.1) is 10.6 Å². The molecule has 23 heavy (non-hydrogen) atoms. The molecule has 1 aliphatic heterocycles. The Morgan fingerprint density at radius 2 is 1.96 bits per heavy atom. The van der Waals surface area contributed by atoms with Crippen LogP contribution in [-0.2, 0) is 9.59 Å². The molecule has 6 nitrogen and oxygen atoms in total. The second kappa shape index (κ2) is 7.97. The molecule has 1 heterocycles. The van der Waals surface area contributed by atoms with Crippen LogP contribution in [-0.4, -0.2) is 49.3 Å². The predicted molar refractivity (Wildman–Crippen MR) is 87.2 cm³/mol. The first-order valence-corrected chi connectivity index (χ1v) is 7.91. The zero-order chi connectivity index (χ0) is 16.8. The Hall–Kier alpha value is -2.08. The van der Waals surface area contributed by atoms with E-state index in [9.17, 15) is 14.4 Å². The molecule has 2 N–H and O–H groups in total. The van der Waals surface area contributed by atoms with Gasteiger partial charge in [0.25, 0.3) is 5.91 Å². The standard InChI is InChI=1S/C16H20ClN3O3/c1-20-9-6-11(10-14(20)21)15(22)18-7-8-19-16(23)12-4-2-3-5-13(12)17/h2-5,11H,6-10H2,1H3,(H,18,22)(H,19,23)/t11-/m0/s1. The van der Waals surface area contributed by atoms with E-state index >= 15 is 0 Å². The van der Waals surface area contributed by atoms with E-state index in [4.69, 9.17) is 11.6 Å². The summed E-state index contributed by atoms with van der Waals surface area (Å²) in [5.74, 6) is -0.709. The van der Waals surface area contributed by atoms with Crippen molar-refractivity contribution in [1.29, 1.82) is 0 Å². The summed E-state index contributed by atoms with van der Waals surface area (Å²) in [5.41, 5.74) is 0.404. The Morgan fingerprint density at radius 3 is 2.65 bits per heavy atom. The number of carbonyl (C=O) groups excluding carboxylic acids is 3. The molecule has 1 aromatic carbocycles. The number of benzene rings is 1. The van der Waals surface area contributed by atoms with E-state index in [-0.39, 0.29) is 30.1 Å². The highest BCUT2D eigenvalue weighted by Gasteiger charge is 2.28. The van der Waals surface area contributed by atoms with Crippen molar-refractivity contribution in [3.8, 4) is 0 Å². The Bertz CT molecular complexity index is 606. The number of halogens is 1. The molecular formula is C16H20ClN3O3. The molecule has 0 aromatic heterocycles. The number of amides is 3. The molecule has 1 aromatic rings. The molecule has 1 saturated heterocycles. The van der Waals surface area contributed by atoms with Crippen molar-refractivity contribution < 1.29 is 14.4 Å². The van der Waals surface area contributed by atoms with E-state index in [0.717, 1.165) is 0 Å². The van der Waals surface area contributed by atoms with Crippen LogP contribution in [0.5, 0.6) is 0 Å². The fourth-order valence-corrected chi connectivity index (χ4v) is 2.63. The molecule has 0 bridgehead atoms. The average molecular weight is 338 g/mol. The molecule has 0 spiro atoms. The predicted octanol–water partition coefficient (Wildman–Crippen LogP) is 1.05. The van der Waals surface area contributed by atoms with Crippen molar-refractivity contribution >= 4 is 29.3 Å². The van der Waals surface area contributed by atoms with Crippen LogP contribution in [0, 0.1) is 5.92 Å². The monoisotopic (exact) mass is 337 g/mol. The van der Waals surface area contributed by atoms with Gasteiger partial charge in [-0.15, -0.1) is 0 Å². The minimum Gasteiger partial charge on any atom is -0.354 e. The maximum atomic E-state index is 12.0. The molecule has 3 amide bonds. The molecule has 0 saturated carbocycles. The highest BCUT2D eigenvalue weighted by atomic mass is 35.5. The lowest BCUT2D eigenvalue weighted by atomic mass is 9.96. The minimum absolute atomic E-state index is 0.0107. The fourth-order valence-electron chi connectivity index (χ4n) is 2.41. The van der Waals surface area contributed by atoms with E-state index in [1.165, 1.54) is 0 Å². The quantitative estimate of drug-likeness (QED) is 0.788. The molecule has 1 aliphatic rings. The van der Waals surface area contributed by atoms with Crippen LogP contribution >= 0.6 is 11.6 Å². The van der Waals surface area contributed by atoms with Crippen LogP contribution in [0.15, 0.2) is 24.3 Å². The van der Waals surface area contributed by atoms with Crippen LogP contribution in [0.25, 0.3) is 0 Å². The van der Waals surface area contributed by atoms with Gasteiger partial charge in [-0.05, 0) is 18.6 Å². The molecule has 0 unspecified atom stereocenters. The number of nitrogens with one attached hydrogen (secondary N) is 2. The SMILES string of the molecule is CN1CC[C@H](C(=O)NCCNC(=O)c2ccccc2Cl)CC1=O. The van der Waals surface area contributed by atoms with Crippen LogP contribution in [0.1, 0.15) is 23.2 Å². The lowest BCUT2D eigenvalue weighted by Crippen LogP contribution is -2.43. The Morgan fingerprint density at radius 1 is 1.26 bits per heavy atom. The van der Waals surface area contributed by atoms with Crippen LogP contribution in [0.3, 0.4) is 0 Å². The zero-order valence-corrected chi connectivity index (χ0v) is 13.7. The number of nitrogens with zero attached hydrogens (tertiary/aromatic N) is 1. The summed E-state index contributed by atoms with van der Waals surface area (Å²) in [7, 11) is 1.74. The van der Waals surface area contributed by atoms with Gasteiger partial charge < -0.3 is 15.5 Å². The first-order chi connectivity index (χ1) is 11.0. The van der Waals surface area contributed by atoms with Crippen molar-refractivity contribution in [1.82, 2.24) is 15.5 Å². The van der Waals surface area contributed by atoms with Crippen molar-refractivity contribution in [2.24, 2.45) is 5.92 Å². The molecule has 0 radical (unpaired) electrons. The third kappa shape index (κ3) is 4.69. The van der Waals surface area contributed by atoms with E-state index in [0.29, 0.717) is 36.6 Å². The van der Waals surface area contributed by atoms with Gasteiger partial charge in [-0.1, -0.05) is 23.7 Å². The smallest absolute Gasteiger partial charge is 0.252 e. The topological polar surface area (TPSA) is 78.5 Å². The molecule has 1 fully saturated rings. The van der Waals surface area contributed by atoms with Crippen LogP contribution < -0.4 is 10.6 Å². The molecule has 1 atom stereocenters. The number of likely N-dealkylation sites (tertiary alicyclic amines) is 1. The van der Waals surface area contributed by atoms with Crippen LogP contribution in [0.2, 0.25) is 5.02 Å². The largest absolute Gasteiger partial charge is 0.354 e. The minimum atomic E-state index is -0.280. The maximum Gasteiger partial charge on any atom is 0.252 e. The maximum absolute atomic E-state index is 12.0. The third-order valence-electron chi connectivity index (χ3n) is 3.86. The van der Waals surface area contributed by atoms with Gasteiger partial charge in [0.2, 0.25) is 11.8 Å². The zero-order valence-electron chi connectivity index (χ0n) is 13.0. The molecule has 124 valence electrons. The number of hydrogen-bond acceptors (Lipinski definition) is 3. The van der Waals surface area contributed by atoms with Gasteiger partial charge in [0, 0.05) is 39.0 Å². The van der Waals surface area contributed by atoms with Gasteiger partial charge in [0.15, 0.2) is 0 Å². The summed E-state index contributed by atoms with van der Waals surface area (Å²) < 4.78 is 0. The van der Waals surface area contributed by atoms with E-state index in [1.807, 2.05) is 0 Å². The Labute approximate surface area is 140 Å². The molecule has 2 rings (SSSR count). The summed E-state index contributed by atoms with van der Waals surface area (Å²) in [6.45, 7) is 1.21. The molecule has 7 heteroatoms. The lowest BCUT2D eigenvalue weighted by molar-refractivity contribution is -0.139. The van der Waals surface area contributed by atoms with E-state index in [1.54, 1.807) is 36.2 Å². The number of rotatable bonds is 5. The van der Waals surface area contributed by atoms with E-state index in [2.05, 4.69) is 10.6 Å². The highest BCUT2D eigenvalue weighted by molar-refractivity contribution is 6.33. The second-order valence-corrected chi connectivity index (χ2v) is 5.94. The van der Waals surface area contributed by atoms with Crippen molar-refractivity contribution in [3.63, 3.8) is 0 Å². The second-order valence-electron chi connectivity index (χ2n) is 5.53. The summed E-state index contributed by atoms with van der Waals surface area (Å²) in [5, 5.41) is 5.84. The summed E-state index contributed by atoms with van der Waals surface area (Å²) >= 11 is 5.94. The third-order valence-corrected chi connectivity index (χ3v) is 4.19. The number of hydrogen-bond donors (Lipinski definition) is 2. The van der Waals surface area contributed by atoms with Crippen LogP contribution in [0.4, 0.5) is 0 Å². The van der Waals surface area contributed by atoms with Gasteiger partial charge in [-0.3, -0.25) is 14.4 Å². The van der Waals surface area contributed by atoms with Crippen molar-refractivity contribution in [2.75, 3.05) is 26.7 Å². The van der Waals surface area contributed by atoms with Crippen molar-refractivity contribution in [2.45, 2.75) is 12.8 Å². The van der Waals surface area contributed by atoms with Gasteiger partial charge >= 0.3 is 0 Å². The first-order valence-electron chi connectivity index (χ1n) is 7.53. The van der Waals surface area contributed by atoms with E-state index < -0.39 is 0 Å². The Kier molecular flexibility index (Phi) is 5.98. The highest BCUT2D eigenvalue weighted by Crippen LogP contribution is 2.17. The number of carbonyl (C=O) groups is 3. The number of piperidine rings is 1. The van der Waals surface area contributed by atoms with Gasteiger partial charge in [-0.25, -0.2) is 0 Å². The van der Waals surface area contributed by atoms with Gasteiger partial charge in [0.1, 0.15) is 0 Å². The molecular weight excluding hydrogens is 318 g/mol. The van der Waals surface area contributed by atoms with Gasteiger partial charge in [-0.2, -0.15) is 0 Å². The fraction of sp³-hybridized carbons (Fsp3) is 0.438. The Balaban J connectivity index is 1.71.